The molecule has 63 heavy (non-hydrogen) atoms. The molecule has 0 unspecified atom stereocenters. The summed E-state index contributed by atoms with van der Waals surface area (Å²) in [5.74, 6) is 0. The molecular formula is C61H40N2. The molecule has 2 nitrogen and oxygen atoms in total. The van der Waals surface area contributed by atoms with E-state index in [1.165, 1.54) is 121 Å². The van der Waals surface area contributed by atoms with E-state index in [4.69, 9.17) is 9.97 Å². The SMILES string of the molecule is CC1(C)c2cc(-c3c4ccccc4c(-c4ccc5ccccc5c4)c4ccncc34)ccc2-c2ccc(-c3c4ccccc4c(-c4ccc5ccccc5c4)c4ccncc34)cc21. The molecule has 0 bridgehead atoms. The molecule has 10 aromatic carbocycles. The number of aromatic nitrogens is 2. The summed E-state index contributed by atoms with van der Waals surface area (Å²) in [6, 6.07) is 67.5. The summed E-state index contributed by atoms with van der Waals surface area (Å²) in [7, 11) is 0. The van der Waals surface area contributed by atoms with E-state index < -0.39 is 0 Å². The summed E-state index contributed by atoms with van der Waals surface area (Å²) in [5.41, 5.74) is 14.8. The number of hydrogen-bond acceptors (Lipinski definition) is 2. The maximum atomic E-state index is 4.74. The Hall–Kier alpha value is -7.94. The van der Waals surface area contributed by atoms with Crippen LogP contribution in [0.25, 0.3) is 120 Å². The predicted octanol–water partition coefficient (Wildman–Crippen LogP) is 16.4. The summed E-state index contributed by atoms with van der Waals surface area (Å²) in [6.07, 6.45) is 8.00. The van der Waals surface area contributed by atoms with Crippen molar-refractivity contribution in [2.75, 3.05) is 0 Å². The zero-order valence-electron chi connectivity index (χ0n) is 35.0. The fourth-order valence-electron chi connectivity index (χ4n) is 11.0. The van der Waals surface area contributed by atoms with Gasteiger partial charge in [0.25, 0.3) is 0 Å². The normalized spacial score (nSPS) is 13.0. The molecule has 13 rings (SSSR count). The summed E-state index contributed by atoms with van der Waals surface area (Å²) >= 11 is 0. The minimum absolute atomic E-state index is 0.250. The van der Waals surface area contributed by atoms with Crippen LogP contribution in [-0.2, 0) is 5.41 Å². The lowest BCUT2D eigenvalue weighted by atomic mass is 9.79. The summed E-state index contributed by atoms with van der Waals surface area (Å²) in [4.78, 5) is 9.47. The zero-order chi connectivity index (χ0) is 41.8. The van der Waals surface area contributed by atoms with Gasteiger partial charge in [0, 0.05) is 41.0 Å². The molecule has 0 radical (unpaired) electrons. The minimum Gasteiger partial charge on any atom is -0.264 e. The van der Waals surface area contributed by atoms with Gasteiger partial charge in [0.1, 0.15) is 0 Å². The molecular weight excluding hydrogens is 761 g/mol. The van der Waals surface area contributed by atoms with Gasteiger partial charge in [-0.25, -0.2) is 0 Å². The first kappa shape index (κ1) is 35.8. The highest BCUT2D eigenvalue weighted by Crippen LogP contribution is 2.53. The van der Waals surface area contributed by atoms with Crippen LogP contribution in [0.4, 0.5) is 0 Å². The molecule has 0 aliphatic heterocycles. The summed E-state index contributed by atoms with van der Waals surface area (Å²) in [6.45, 7) is 4.79. The van der Waals surface area contributed by atoms with Gasteiger partial charge in [0.2, 0.25) is 0 Å². The second-order valence-corrected chi connectivity index (χ2v) is 17.7. The summed E-state index contributed by atoms with van der Waals surface area (Å²) < 4.78 is 0. The predicted molar refractivity (Wildman–Crippen MR) is 266 cm³/mol. The van der Waals surface area contributed by atoms with Gasteiger partial charge in [-0.05, 0) is 157 Å². The van der Waals surface area contributed by atoms with E-state index in [0.717, 1.165) is 10.8 Å². The number of fused-ring (bicyclic) bond motifs is 9. The fourth-order valence-corrected chi connectivity index (χ4v) is 11.0. The van der Waals surface area contributed by atoms with Gasteiger partial charge in [0.15, 0.2) is 0 Å². The van der Waals surface area contributed by atoms with Crippen molar-refractivity contribution >= 4 is 64.6 Å². The third-order valence-corrected chi connectivity index (χ3v) is 14.0. The molecule has 12 aromatic rings. The fraction of sp³-hybridized carbons (Fsp3) is 0.0492. The van der Waals surface area contributed by atoms with Crippen molar-refractivity contribution in [1.82, 2.24) is 9.97 Å². The van der Waals surface area contributed by atoms with Crippen molar-refractivity contribution in [2.24, 2.45) is 0 Å². The van der Waals surface area contributed by atoms with Crippen LogP contribution in [-0.4, -0.2) is 9.97 Å². The summed E-state index contributed by atoms with van der Waals surface area (Å²) in [5, 5.41) is 14.7. The van der Waals surface area contributed by atoms with Gasteiger partial charge >= 0.3 is 0 Å². The molecule has 0 N–H and O–H groups in total. The Balaban J connectivity index is 0.973. The number of rotatable bonds is 4. The number of pyridine rings is 2. The lowest BCUT2D eigenvalue weighted by Crippen LogP contribution is -2.15. The van der Waals surface area contributed by atoms with Crippen LogP contribution in [0.3, 0.4) is 0 Å². The molecule has 0 fully saturated rings. The van der Waals surface area contributed by atoms with Gasteiger partial charge in [-0.3, -0.25) is 9.97 Å². The van der Waals surface area contributed by atoms with E-state index in [0.29, 0.717) is 0 Å². The highest BCUT2D eigenvalue weighted by atomic mass is 14.6. The lowest BCUT2D eigenvalue weighted by molar-refractivity contribution is 0.661. The zero-order valence-corrected chi connectivity index (χ0v) is 35.0. The van der Waals surface area contributed by atoms with Crippen LogP contribution in [0.5, 0.6) is 0 Å². The van der Waals surface area contributed by atoms with Crippen molar-refractivity contribution in [3.8, 4) is 55.6 Å². The molecule has 2 heteroatoms. The molecule has 0 saturated carbocycles. The first-order chi connectivity index (χ1) is 31.0. The quantitative estimate of drug-likeness (QED) is 0.166. The Morgan fingerprint density at radius 2 is 0.635 bits per heavy atom. The molecule has 0 spiro atoms. The molecule has 0 atom stereocenters. The largest absolute Gasteiger partial charge is 0.264 e. The van der Waals surface area contributed by atoms with Gasteiger partial charge in [0.05, 0.1) is 0 Å². The van der Waals surface area contributed by atoms with E-state index in [2.05, 4.69) is 208 Å². The van der Waals surface area contributed by atoms with E-state index in [9.17, 15) is 0 Å². The lowest BCUT2D eigenvalue weighted by Gasteiger charge is -2.24. The topological polar surface area (TPSA) is 25.8 Å². The van der Waals surface area contributed by atoms with Gasteiger partial charge in [-0.2, -0.15) is 0 Å². The molecule has 1 aliphatic carbocycles. The Labute approximate surface area is 365 Å². The highest BCUT2D eigenvalue weighted by Gasteiger charge is 2.36. The van der Waals surface area contributed by atoms with Crippen molar-refractivity contribution in [3.63, 3.8) is 0 Å². The van der Waals surface area contributed by atoms with Crippen LogP contribution < -0.4 is 0 Å². The standard InChI is InChI=1S/C61H40N2/c1-61(2)55-33-43(59-49-17-9-7-15-47(49)57(51-27-29-62-35-53(51)59)41-21-19-37-11-3-5-13-39(37)31-41)23-25-45(55)46-26-24-44(34-56(46)61)60-50-18-10-8-16-48(50)58(52-28-30-63-36-54(52)60)42-22-20-38-12-4-6-14-40(38)32-42/h3-36H,1-2H3. The van der Waals surface area contributed by atoms with Crippen molar-refractivity contribution in [3.05, 3.63) is 218 Å². The van der Waals surface area contributed by atoms with E-state index in [1.54, 1.807) is 0 Å². The van der Waals surface area contributed by atoms with Crippen LogP contribution in [0.1, 0.15) is 25.0 Å². The second-order valence-electron chi connectivity index (χ2n) is 17.7. The van der Waals surface area contributed by atoms with E-state index >= 15 is 0 Å². The van der Waals surface area contributed by atoms with Crippen molar-refractivity contribution in [2.45, 2.75) is 19.3 Å². The number of nitrogens with zero attached hydrogens (tertiary/aromatic N) is 2. The molecule has 0 amide bonds. The monoisotopic (exact) mass is 800 g/mol. The molecule has 2 heterocycles. The maximum Gasteiger partial charge on any atom is 0.0353 e. The maximum absolute atomic E-state index is 4.74. The molecule has 0 saturated heterocycles. The molecule has 2 aromatic heterocycles. The Bertz CT molecular complexity index is 3530. The first-order valence-corrected chi connectivity index (χ1v) is 21.9. The first-order valence-electron chi connectivity index (χ1n) is 21.9. The Morgan fingerprint density at radius 3 is 1.06 bits per heavy atom. The third kappa shape index (κ3) is 5.31. The second kappa shape index (κ2) is 13.5. The third-order valence-electron chi connectivity index (χ3n) is 14.0. The Morgan fingerprint density at radius 1 is 0.302 bits per heavy atom. The average molecular weight is 801 g/mol. The van der Waals surface area contributed by atoms with Crippen LogP contribution in [0, 0.1) is 0 Å². The number of hydrogen-bond donors (Lipinski definition) is 0. The number of benzene rings is 10. The molecule has 294 valence electrons. The van der Waals surface area contributed by atoms with E-state index in [1.807, 2.05) is 12.4 Å². The van der Waals surface area contributed by atoms with Gasteiger partial charge in [-0.1, -0.05) is 159 Å². The van der Waals surface area contributed by atoms with Crippen molar-refractivity contribution in [1.29, 1.82) is 0 Å². The van der Waals surface area contributed by atoms with Crippen molar-refractivity contribution < 1.29 is 0 Å². The van der Waals surface area contributed by atoms with Gasteiger partial charge < -0.3 is 0 Å². The minimum atomic E-state index is -0.250. The average Bonchev–Trinajstić information content (AvgIpc) is 3.56. The Kier molecular flexibility index (Phi) is 7.68. The van der Waals surface area contributed by atoms with Crippen LogP contribution in [0.2, 0.25) is 0 Å². The smallest absolute Gasteiger partial charge is 0.0353 e. The molecule has 1 aliphatic rings. The van der Waals surface area contributed by atoms with Crippen LogP contribution in [0.15, 0.2) is 207 Å². The van der Waals surface area contributed by atoms with E-state index in [-0.39, 0.29) is 5.41 Å². The highest BCUT2D eigenvalue weighted by molar-refractivity contribution is 6.23. The van der Waals surface area contributed by atoms with Gasteiger partial charge in [-0.15, -0.1) is 0 Å². The van der Waals surface area contributed by atoms with Crippen LogP contribution >= 0.6 is 0 Å².